The molecule has 1 saturated heterocycles. The maximum absolute atomic E-state index is 10.3. The second kappa shape index (κ2) is 9.05. The van der Waals surface area contributed by atoms with Gasteiger partial charge in [0.2, 0.25) is 5.88 Å². The molecule has 0 spiro atoms. The summed E-state index contributed by atoms with van der Waals surface area (Å²) in [7, 11) is 0. The molecule has 0 aromatic carbocycles. The smallest absolute Gasteiger partial charge is 0.217 e. The molecular formula is C20H27NO5. The van der Waals surface area contributed by atoms with Crippen molar-refractivity contribution in [1.29, 1.82) is 0 Å². The normalized spacial score (nSPS) is 20.4. The van der Waals surface area contributed by atoms with Crippen molar-refractivity contribution in [3.63, 3.8) is 0 Å². The Balaban J connectivity index is 1.65. The molecule has 6 nitrogen and oxygen atoms in total. The molecule has 3 rings (SSSR count). The van der Waals surface area contributed by atoms with Crippen LogP contribution in [0, 0.1) is 0 Å². The van der Waals surface area contributed by atoms with Gasteiger partial charge in [-0.3, -0.25) is 0 Å². The van der Waals surface area contributed by atoms with E-state index in [2.05, 4.69) is 4.98 Å². The van der Waals surface area contributed by atoms with Crippen molar-refractivity contribution in [2.24, 2.45) is 0 Å². The van der Waals surface area contributed by atoms with E-state index in [1.165, 1.54) is 5.57 Å². The molecule has 1 atom stereocenters. The van der Waals surface area contributed by atoms with Gasteiger partial charge in [-0.1, -0.05) is 18.6 Å². The van der Waals surface area contributed by atoms with E-state index in [1.54, 1.807) is 12.1 Å². The summed E-state index contributed by atoms with van der Waals surface area (Å²) in [6.07, 6.45) is 7.50. The minimum Gasteiger partial charge on any atom is -0.512 e. The standard InChI is InChI=1S/C20H27NO5/c1-2-17-18(8-5-14-3-6-15(22)7-4-14)21-20(11-19(17)23)26-13-16-12-24-9-10-25-16/h3,6,11,16,22H,2,4-5,7-10,12-13H2,1H3,(H,21,23). The Kier molecular flexibility index (Phi) is 6.52. The largest absolute Gasteiger partial charge is 0.512 e. The number of aryl methyl sites for hydroxylation is 1. The highest BCUT2D eigenvalue weighted by molar-refractivity contribution is 5.40. The molecule has 1 aliphatic heterocycles. The SMILES string of the molecule is CCc1c(O)cc(OCC2COCCO2)nc1CCC1=CC=C(O)CC1. The lowest BCUT2D eigenvalue weighted by Gasteiger charge is -2.23. The van der Waals surface area contributed by atoms with E-state index in [-0.39, 0.29) is 11.9 Å². The molecule has 0 saturated carbocycles. The number of allylic oxidation sites excluding steroid dienone is 4. The van der Waals surface area contributed by atoms with E-state index in [9.17, 15) is 10.2 Å². The van der Waals surface area contributed by atoms with Gasteiger partial charge in [0, 0.05) is 18.1 Å². The van der Waals surface area contributed by atoms with E-state index in [4.69, 9.17) is 14.2 Å². The number of nitrogens with zero attached hydrogens (tertiary/aromatic N) is 1. The van der Waals surface area contributed by atoms with Gasteiger partial charge >= 0.3 is 0 Å². The summed E-state index contributed by atoms with van der Waals surface area (Å²) in [4.78, 5) is 4.62. The first-order valence-corrected chi connectivity index (χ1v) is 9.27. The molecular weight excluding hydrogens is 334 g/mol. The first kappa shape index (κ1) is 18.7. The van der Waals surface area contributed by atoms with Gasteiger partial charge < -0.3 is 24.4 Å². The van der Waals surface area contributed by atoms with Gasteiger partial charge in [-0.05, 0) is 31.8 Å². The van der Waals surface area contributed by atoms with Crippen molar-refractivity contribution in [1.82, 2.24) is 4.98 Å². The van der Waals surface area contributed by atoms with Crippen LogP contribution in [0.15, 0.2) is 29.6 Å². The van der Waals surface area contributed by atoms with Crippen molar-refractivity contribution in [2.45, 2.75) is 45.1 Å². The molecule has 1 aromatic heterocycles. The van der Waals surface area contributed by atoms with Crippen LogP contribution in [0.25, 0.3) is 0 Å². The van der Waals surface area contributed by atoms with E-state index >= 15 is 0 Å². The quantitative estimate of drug-likeness (QED) is 0.776. The zero-order chi connectivity index (χ0) is 18.4. The summed E-state index contributed by atoms with van der Waals surface area (Å²) in [5.41, 5.74) is 3.01. The Bertz CT molecular complexity index is 677. The maximum Gasteiger partial charge on any atom is 0.217 e. The number of hydrogen-bond acceptors (Lipinski definition) is 6. The first-order chi connectivity index (χ1) is 12.7. The van der Waals surface area contributed by atoms with Gasteiger partial charge in [0.1, 0.15) is 18.5 Å². The number of aromatic hydroxyl groups is 1. The van der Waals surface area contributed by atoms with E-state index < -0.39 is 0 Å². The fourth-order valence-corrected chi connectivity index (χ4v) is 3.22. The van der Waals surface area contributed by atoms with Crippen molar-refractivity contribution in [3.8, 4) is 11.6 Å². The number of aromatic nitrogens is 1. The fourth-order valence-electron chi connectivity index (χ4n) is 3.22. The van der Waals surface area contributed by atoms with Crippen LogP contribution in [0.3, 0.4) is 0 Å². The maximum atomic E-state index is 10.3. The van der Waals surface area contributed by atoms with Gasteiger partial charge in [0.05, 0.1) is 31.3 Å². The van der Waals surface area contributed by atoms with Gasteiger partial charge in [-0.25, -0.2) is 4.98 Å². The fraction of sp³-hybridized carbons (Fsp3) is 0.550. The molecule has 0 radical (unpaired) electrons. The minimum absolute atomic E-state index is 0.103. The summed E-state index contributed by atoms with van der Waals surface area (Å²) in [5, 5.41) is 19.8. The molecule has 0 amide bonds. The number of rotatable bonds is 7. The van der Waals surface area contributed by atoms with Crippen molar-refractivity contribution >= 4 is 0 Å². The Morgan fingerprint density at radius 1 is 1.19 bits per heavy atom. The van der Waals surface area contributed by atoms with Crippen molar-refractivity contribution < 1.29 is 24.4 Å². The van der Waals surface area contributed by atoms with Crippen molar-refractivity contribution in [2.75, 3.05) is 26.4 Å². The molecule has 2 heterocycles. The summed E-state index contributed by atoms with van der Waals surface area (Å²) in [6, 6.07) is 1.58. The number of pyridine rings is 1. The Morgan fingerprint density at radius 2 is 2.08 bits per heavy atom. The summed E-state index contributed by atoms with van der Waals surface area (Å²) >= 11 is 0. The molecule has 0 bridgehead atoms. The Labute approximate surface area is 154 Å². The van der Waals surface area contributed by atoms with Crippen LogP contribution in [-0.4, -0.2) is 47.7 Å². The van der Waals surface area contributed by atoms with E-state index in [0.717, 1.165) is 30.5 Å². The molecule has 2 aliphatic rings. The van der Waals surface area contributed by atoms with Crippen LogP contribution in [0.5, 0.6) is 11.6 Å². The third kappa shape index (κ3) is 4.99. The average Bonchev–Trinajstić information content (AvgIpc) is 2.66. The Hall–Kier alpha value is -2.05. The molecule has 142 valence electrons. The van der Waals surface area contributed by atoms with Crippen molar-refractivity contribution in [3.05, 3.63) is 40.8 Å². The lowest BCUT2D eigenvalue weighted by molar-refractivity contribution is -0.102. The van der Waals surface area contributed by atoms with Crippen LogP contribution < -0.4 is 4.74 Å². The summed E-state index contributed by atoms with van der Waals surface area (Å²) in [6.45, 7) is 4.07. The monoisotopic (exact) mass is 361 g/mol. The highest BCUT2D eigenvalue weighted by atomic mass is 16.6. The predicted molar refractivity (Wildman–Crippen MR) is 97.7 cm³/mol. The average molecular weight is 361 g/mol. The number of ether oxygens (including phenoxy) is 3. The predicted octanol–water partition coefficient (Wildman–Crippen LogP) is 3.24. The second-order valence-electron chi connectivity index (χ2n) is 6.62. The van der Waals surface area contributed by atoms with Crippen LogP contribution in [-0.2, 0) is 22.3 Å². The zero-order valence-electron chi connectivity index (χ0n) is 15.2. The van der Waals surface area contributed by atoms with Gasteiger partial charge in [-0.2, -0.15) is 0 Å². The molecule has 2 N–H and O–H groups in total. The second-order valence-corrected chi connectivity index (χ2v) is 6.62. The van der Waals surface area contributed by atoms with Crippen LogP contribution in [0.2, 0.25) is 0 Å². The van der Waals surface area contributed by atoms with Gasteiger partial charge in [-0.15, -0.1) is 0 Å². The number of aliphatic hydroxyl groups excluding tert-OH is 1. The topological polar surface area (TPSA) is 81.0 Å². The summed E-state index contributed by atoms with van der Waals surface area (Å²) in [5.74, 6) is 1.07. The van der Waals surface area contributed by atoms with Crippen LogP contribution >= 0.6 is 0 Å². The number of aliphatic hydroxyl groups is 1. The van der Waals surface area contributed by atoms with Crippen LogP contribution in [0.1, 0.15) is 37.4 Å². The third-order valence-corrected chi connectivity index (χ3v) is 4.72. The van der Waals surface area contributed by atoms with E-state index in [0.29, 0.717) is 50.9 Å². The molecule has 6 heteroatoms. The van der Waals surface area contributed by atoms with E-state index in [1.807, 2.05) is 13.0 Å². The third-order valence-electron chi connectivity index (χ3n) is 4.72. The van der Waals surface area contributed by atoms with Gasteiger partial charge in [0.15, 0.2) is 0 Å². The first-order valence-electron chi connectivity index (χ1n) is 9.27. The number of hydrogen-bond donors (Lipinski definition) is 2. The Morgan fingerprint density at radius 3 is 2.77 bits per heavy atom. The summed E-state index contributed by atoms with van der Waals surface area (Å²) < 4.78 is 16.7. The molecule has 1 unspecified atom stereocenters. The van der Waals surface area contributed by atoms with Crippen LogP contribution in [0.4, 0.5) is 0 Å². The lowest BCUT2D eigenvalue weighted by atomic mass is 9.97. The molecule has 26 heavy (non-hydrogen) atoms. The molecule has 1 aromatic rings. The highest BCUT2D eigenvalue weighted by Crippen LogP contribution is 2.28. The molecule has 1 fully saturated rings. The highest BCUT2D eigenvalue weighted by Gasteiger charge is 2.17. The minimum atomic E-state index is -0.103. The lowest BCUT2D eigenvalue weighted by Crippen LogP contribution is -2.33. The van der Waals surface area contributed by atoms with Gasteiger partial charge in [0.25, 0.3) is 0 Å². The zero-order valence-corrected chi connectivity index (χ0v) is 15.2. The molecule has 1 aliphatic carbocycles.